The molecule has 0 radical (unpaired) electrons. The van der Waals surface area contributed by atoms with Crippen LogP contribution in [0.4, 0.5) is 0 Å². The van der Waals surface area contributed by atoms with Crippen LogP contribution in [0.5, 0.6) is 0 Å². The Labute approximate surface area is 119 Å². The molecule has 0 aliphatic carbocycles. The number of carbonyl (C=O) groups excluding carboxylic acids is 1. The third-order valence-electron chi connectivity index (χ3n) is 2.71. The van der Waals surface area contributed by atoms with Crippen molar-refractivity contribution in [1.82, 2.24) is 13.7 Å². The van der Waals surface area contributed by atoms with Gasteiger partial charge in [0.2, 0.25) is 0 Å². The van der Waals surface area contributed by atoms with Crippen LogP contribution in [-0.2, 0) is 29.7 Å². The first-order chi connectivity index (χ1) is 9.93. The van der Waals surface area contributed by atoms with E-state index in [9.17, 15) is 19.2 Å². The normalized spacial score (nSPS) is 10.4. The van der Waals surface area contributed by atoms with Crippen LogP contribution in [0.3, 0.4) is 0 Å². The number of aliphatic hydroxyl groups is 1. The molecule has 9 heteroatoms. The minimum atomic E-state index is -0.850. The highest BCUT2D eigenvalue weighted by Crippen LogP contribution is 1.87. The summed E-state index contributed by atoms with van der Waals surface area (Å²) in [7, 11) is 1.22. The molecule has 1 heterocycles. The van der Waals surface area contributed by atoms with E-state index < -0.39 is 29.6 Å². The van der Waals surface area contributed by atoms with Crippen LogP contribution in [0.2, 0.25) is 0 Å². The van der Waals surface area contributed by atoms with Gasteiger partial charge in [-0.05, 0) is 0 Å². The highest BCUT2D eigenvalue weighted by Gasteiger charge is 2.13. The fourth-order valence-corrected chi connectivity index (χ4v) is 1.66. The van der Waals surface area contributed by atoms with E-state index in [2.05, 4.69) is 6.58 Å². The molecule has 9 nitrogen and oxygen atoms in total. The van der Waals surface area contributed by atoms with Crippen LogP contribution >= 0.6 is 0 Å². The van der Waals surface area contributed by atoms with Crippen molar-refractivity contribution in [3.05, 3.63) is 44.1 Å². The van der Waals surface area contributed by atoms with E-state index in [0.717, 1.165) is 13.7 Å². The number of aromatic nitrogens is 3. The van der Waals surface area contributed by atoms with Gasteiger partial charge in [-0.3, -0.25) is 4.79 Å². The van der Waals surface area contributed by atoms with Crippen molar-refractivity contribution >= 4 is 5.97 Å². The number of aliphatic hydroxyl groups excluding tert-OH is 1. The third-order valence-corrected chi connectivity index (χ3v) is 2.71. The number of nitrogens with zero attached hydrogens (tertiary/aromatic N) is 3. The molecule has 0 saturated carbocycles. The van der Waals surface area contributed by atoms with Crippen molar-refractivity contribution in [2.24, 2.45) is 7.05 Å². The predicted molar refractivity (Wildman–Crippen MR) is 73.1 cm³/mol. The van der Waals surface area contributed by atoms with Crippen molar-refractivity contribution in [3.63, 3.8) is 0 Å². The zero-order valence-electron chi connectivity index (χ0n) is 11.7. The lowest BCUT2D eigenvalue weighted by molar-refractivity contribution is -0.142. The highest BCUT2D eigenvalue weighted by atomic mass is 16.5. The smallest absolute Gasteiger partial charge is 0.336 e. The van der Waals surface area contributed by atoms with Crippen molar-refractivity contribution in [3.8, 4) is 0 Å². The first-order valence-corrected chi connectivity index (χ1v) is 6.22. The minimum absolute atomic E-state index is 0.0247. The second-order valence-corrected chi connectivity index (χ2v) is 4.15. The zero-order valence-corrected chi connectivity index (χ0v) is 11.7. The van der Waals surface area contributed by atoms with Crippen molar-refractivity contribution in [1.29, 1.82) is 0 Å². The maximum atomic E-state index is 12.0. The van der Waals surface area contributed by atoms with E-state index in [1.54, 1.807) is 0 Å². The summed E-state index contributed by atoms with van der Waals surface area (Å²) in [5.74, 6) is -0.529. The van der Waals surface area contributed by atoms with Crippen LogP contribution in [0.1, 0.15) is 6.42 Å². The van der Waals surface area contributed by atoms with Gasteiger partial charge in [0.05, 0.1) is 26.1 Å². The average molecular weight is 299 g/mol. The molecule has 0 fully saturated rings. The van der Waals surface area contributed by atoms with Crippen LogP contribution in [0.25, 0.3) is 0 Å². The number of hydrogen-bond acceptors (Lipinski definition) is 6. The first-order valence-electron chi connectivity index (χ1n) is 6.22. The molecule has 0 bridgehead atoms. The summed E-state index contributed by atoms with van der Waals surface area (Å²) in [6.07, 6.45) is 1.39. The van der Waals surface area contributed by atoms with Gasteiger partial charge in [0.1, 0.15) is 6.61 Å². The highest BCUT2D eigenvalue weighted by molar-refractivity contribution is 5.70. The average Bonchev–Trinajstić information content (AvgIpc) is 2.45. The summed E-state index contributed by atoms with van der Waals surface area (Å²) < 4.78 is 7.08. The monoisotopic (exact) mass is 299 g/mol. The van der Waals surface area contributed by atoms with Gasteiger partial charge in [-0.2, -0.15) is 0 Å². The number of rotatable bonds is 7. The summed E-state index contributed by atoms with van der Waals surface area (Å²) in [5, 5.41) is 8.85. The molecule has 1 rings (SSSR count). The van der Waals surface area contributed by atoms with E-state index in [1.807, 2.05) is 0 Å². The van der Waals surface area contributed by atoms with Gasteiger partial charge in [-0.15, -0.1) is 6.58 Å². The fraction of sp³-hybridized carbons (Fsp3) is 0.500. The molecule has 21 heavy (non-hydrogen) atoms. The lowest BCUT2D eigenvalue weighted by Crippen LogP contribution is -2.54. The lowest BCUT2D eigenvalue weighted by atomic mass is 10.4. The van der Waals surface area contributed by atoms with Gasteiger partial charge >= 0.3 is 23.0 Å². The minimum Gasteiger partial charge on any atom is -0.464 e. The quantitative estimate of drug-likeness (QED) is 0.452. The van der Waals surface area contributed by atoms with Crippen LogP contribution in [0, 0.1) is 0 Å². The summed E-state index contributed by atoms with van der Waals surface area (Å²) in [6.45, 7) is 2.38. The van der Waals surface area contributed by atoms with Crippen molar-refractivity contribution in [2.75, 3.05) is 13.2 Å². The topological polar surface area (TPSA) is 113 Å². The van der Waals surface area contributed by atoms with Gasteiger partial charge in [0, 0.05) is 7.05 Å². The Kier molecular flexibility index (Phi) is 5.85. The molecule has 1 aromatic rings. The molecular formula is C12H17N3O6. The summed E-state index contributed by atoms with van der Waals surface area (Å²) in [6, 6.07) is 0. The Hall–Kier alpha value is -2.42. The first kappa shape index (κ1) is 16.6. The maximum absolute atomic E-state index is 12.0. The van der Waals surface area contributed by atoms with E-state index in [4.69, 9.17) is 9.84 Å². The second kappa shape index (κ2) is 7.39. The van der Waals surface area contributed by atoms with Gasteiger partial charge in [0.25, 0.3) is 0 Å². The molecule has 0 amide bonds. The van der Waals surface area contributed by atoms with E-state index in [-0.39, 0.29) is 26.1 Å². The Morgan fingerprint density at radius 3 is 2.29 bits per heavy atom. The molecule has 0 unspecified atom stereocenters. The van der Waals surface area contributed by atoms with Crippen LogP contribution < -0.4 is 17.1 Å². The standard InChI is InChI=1S/C12H17N3O6/c1-3-4-9(17)21-8-6-15-11(19)13(2)10(18)14(5-7-16)12(15)20/h3,16H,1,4-8H2,2H3. The Balaban J connectivity index is 3.05. The van der Waals surface area contributed by atoms with Gasteiger partial charge in [-0.1, -0.05) is 6.08 Å². The summed E-state index contributed by atoms with van der Waals surface area (Å²) in [5.41, 5.74) is -2.46. The molecule has 0 aliphatic rings. The largest absolute Gasteiger partial charge is 0.464 e. The molecule has 0 atom stereocenters. The zero-order chi connectivity index (χ0) is 16.0. The molecule has 0 saturated heterocycles. The number of ether oxygens (including phenoxy) is 1. The SMILES string of the molecule is C=CCC(=O)OCCn1c(=O)n(C)c(=O)n(CCO)c1=O. The molecule has 1 aromatic heterocycles. The van der Waals surface area contributed by atoms with Crippen molar-refractivity contribution < 1.29 is 14.6 Å². The number of esters is 1. The molecule has 1 N–H and O–H groups in total. The van der Waals surface area contributed by atoms with E-state index >= 15 is 0 Å². The Morgan fingerprint density at radius 1 is 1.19 bits per heavy atom. The number of hydrogen-bond donors (Lipinski definition) is 1. The number of carbonyl (C=O) groups is 1. The molecule has 0 aliphatic heterocycles. The van der Waals surface area contributed by atoms with Crippen LogP contribution in [0.15, 0.2) is 27.0 Å². The van der Waals surface area contributed by atoms with Crippen molar-refractivity contribution in [2.45, 2.75) is 19.5 Å². The fourth-order valence-electron chi connectivity index (χ4n) is 1.66. The third kappa shape index (κ3) is 3.78. The Morgan fingerprint density at radius 2 is 1.76 bits per heavy atom. The lowest BCUT2D eigenvalue weighted by Gasteiger charge is -2.11. The predicted octanol–water partition coefficient (Wildman–Crippen LogP) is -2.18. The maximum Gasteiger partial charge on any atom is 0.336 e. The summed E-state index contributed by atoms with van der Waals surface area (Å²) in [4.78, 5) is 46.7. The van der Waals surface area contributed by atoms with E-state index in [1.165, 1.54) is 13.1 Å². The molecule has 116 valence electrons. The molecule has 0 spiro atoms. The van der Waals surface area contributed by atoms with E-state index in [0.29, 0.717) is 0 Å². The van der Waals surface area contributed by atoms with Gasteiger partial charge in [-0.25, -0.2) is 28.1 Å². The van der Waals surface area contributed by atoms with Gasteiger partial charge in [0.15, 0.2) is 0 Å². The molecule has 0 aromatic carbocycles. The summed E-state index contributed by atoms with van der Waals surface area (Å²) >= 11 is 0. The van der Waals surface area contributed by atoms with Crippen LogP contribution in [-0.4, -0.2) is 38.0 Å². The Bertz CT molecular complexity index is 696. The van der Waals surface area contributed by atoms with Gasteiger partial charge < -0.3 is 9.84 Å². The second-order valence-electron chi connectivity index (χ2n) is 4.15. The molecular weight excluding hydrogens is 282 g/mol.